The molecule has 0 saturated heterocycles. The van der Waals surface area contributed by atoms with Crippen molar-refractivity contribution in [1.29, 1.82) is 0 Å². The van der Waals surface area contributed by atoms with Crippen molar-refractivity contribution in [3.63, 3.8) is 0 Å². The molecule has 0 bridgehead atoms. The van der Waals surface area contributed by atoms with Crippen LogP contribution in [0, 0.1) is 10.8 Å². The Morgan fingerprint density at radius 1 is 1.12 bits per heavy atom. The lowest BCUT2D eigenvalue weighted by molar-refractivity contribution is 0.779. The molecule has 4 nitrogen and oxygen atoms in total. The van der Waals surface area contributed by atoms with Crippen LogP contribution in [0.4, 0.5) is 0 Å². The van der Waals surface area contributed by atoms with Crippen LogP contribution in [0.25, 0.3) is 0 Å². The third-order valence-electron chi connectivity index (χ3n) is 0.554. The first-order valence-corrected chi connectivity index (χ1v) is 3.06. The van der Waals surface area contributed by atoms with Crippen LogP contribution in [0.5, 0.6) is 0 Å². The smallest absolute Gasteiger partial charge is 0.131 e. The Bertz CT molecular complexity index is 150. The lowest BCUT2D eigenvalue weighted by Crippen LogP contribution is -1.96. The average molecular weight is 222 g/mol. The first-order valence-electron chi connectivity index (χ1n) is 1.98. The summed E-state index contributed by atoms with van der Waals surface area (Å²) in [5, 5.41) is 14.6. The van der Waals surface area contributed by atoms with Gasteiger partial charge in [0.15, 0.2) is 5.82 Å². The number of halogens is 1. The Morgan fingerprint density at radius 3 is 2.00 bits per heavy atom. The minimum atomic E-state index is 0.577. The van der Waals surface area contributed by atoms with Gasteiger partial charge in [-0.3, -0.25) is 0 Å². The summed E-state index contributed by atoms with van der Waals surface area (Å²) in [5.74, 6) is 0.602. The fourth-order valence-electron chi connectivity index (χ4n) is 0.267. The van der Waals surface area contributed by atoms with Gasteiger partial charge in [-0.05, 0) is 6.92 Å². The Kier molecular flexibility index (Phi) is 1.66. The zero-order chi connectivity index (χ0) is 5.98. The van der Waals surface area contributed by atoms with E-state index in [4.69, 9.17) is 0 Å². The van der Waals surface area contributed by atoms with Crippen LogP contribution in [0.1, 0.15) is 5.82 Å². The van der Waals surface area contributed by atoms with Crippen LogP contribution < -0.4 is 0 Å². The lowest BCUT2D eigenvalue weighted by Gasteiger charge is -1.83. The van der Waals surface area contributed by atoms with E-state index in [-0.39, 0.29) is 0 Å². The highest BCUT2D eigenvalue weighted by molar-refractivity contribution is 14.1. The quantitative estimate of drug-likeness (QED) is 0.587. The Labute approximate surface area is 59.9 Å². The van der Waals surface area contributed by atoms with Gasteiger partial charge in [-0.25, -0.2) is 0 Å². The number of nitrogens with zero attached hydrogens (tertiary/aromatic N) is 4. The standard InChI is InChI=1S/C3H3IN4/c1-2-5-7-3(4)8-6-2/h1H3. The molecule has 5 heteroatoms. The van der Waals surface area contributed by atoms with Crippen LogP contribution in [-0.2, 0) is 0 Å². The molecule has 1 aromatic rings. The number of rotatable bonds is 0. The predicted octanol–water partition coefficient (Wildman–Crippen LogP) is 0.180. The minimum Gasteiger partial charge on any atom is -0.131 e. The molecule has 42 valence electrons. The second-order valence-electron chi connectivity index (χ2n) is 1.22. The zero-order valence-corrected chi connectivity index (χ0v) is 6.32. The summed E-state index contributed by atoms with van der Waals surface area (Å²) < 4.78 is 0.577. The molecule has 0 atom stereocenters. The van der Waals surface area contributed by atoms with Crippen LogP contribution in [-0.4, -0.2) is 20.4 Å². The molecule has 1 heterocycles. The van der Waals surface area contributed by atoms with Crippen molar-refractivity contribution in [2.24, 2.45) is 0 Å². The van der Waals surface area contributed by atoms with Crippen molar-refractivity contribution < 1.29 is 0 Å². The molecule has 0 aliphatic heterocycles. The van der Waals surface area contributed by atoms with Gasteiger partial charge in [-0.15, -0.1) is 20.4 Å². The second-order valence-corrected chi connectivity index (χ2v) is 2.18. The fourth-order valence-corrected chi connectivity index (χ4v) is 0.483. The van der Waals surface area contributed by atoms with E-state index in [0.717, 1.165) is 0 Å². The van der Waals surface area contributed by atoms with Gasteiger partial charge >= 0.3 is 0 Å². The van der Waals surface area contributed by atoms with Crippen molar-refractivity contribution in [3.8, 4) is 0 Å². The first-order chi connectivity index (χ1) is 3.79. The molecule has 0 amide bonds. The third kappa shape index (κ3) is 1.32. The van der Waals surface area contributed by atoms with Crippen molar-refractivity contribution in [1.82, 2.24) is 20.4 Å². The van der Waals surface area contributed by atoms with Gasteiger partial charge in [0, 0.05) is 22.6 Å². The summed E-state index contributed by atoms with van der Waals surface area (Å²) in [4.78, 5) is 0. The summed E-state index contributed by atoms with van der Waals surface area (Å²) in [6.07, 6.45) is 0. The molecular weight excluding hydrogens is 219 g/mol. The fraction of sp³-hybridized carbons (Fsp3) is 0.333. The van der Waals surface area contributed by atoms with Crippen molar-refractivity contribution >= 4 is 22.6 Å². The topological polar surface area (TPSA) is 51.6 Å². The summed E-state index contributed by atoms with van der Waals surface area (Å²) in [5.41, 5.74) is 0. The van der Waals surface area contributed by atoms with Crippen LogP contribution >= 0.6 is 22.6 Å². The number of hydrogen-bond acceptors (Lipinski definition) is 4. The Morgan fingerprint density at radius 2 is 1.62 bits per heavy atom. The normalized spacial score (nSPS) is 9.25. The number of aromatic nitrogens is 4. The van der Waals surface area contributed by atoms with E-state index in [9.17, 15) is 0 Å². The third-order valence-corrected chi connectivity index (χ3v) is 0.986. The summed E-state index contributed by atoms with van der Waals surface area (Å²) in [7, 11) is 0. The minimum absolute atomic E-state index is 0.577. The van der Waals surface area contributed by atoms with Gasteiger partial charge in [0.25, 0.3) is 0 Å². The van der Waals surface area contributed by atoms with E-state index in [1.165, 1.54) is 0 Å². The van der Waals surface area contributed by atoms with Gasteiger partial charge in [-0.1, -0.05) is 0 Å². The SMILES string of the molecule is Cc1nnc(I)nn1. The van der Waals surface area contributed by atoms with E-state index in [1.807, 2.05) is 22.6 Å². The number of aryl methyl sites for hydroxylation is 1. The highest BCUT2D eigenvalue weighted by Crippen LogP contribution is 1.87. The maximum Gasteiger partial charge on any atom is 0.232 e. The van der Waals surface area contributed by atoms with Crippen LogP contribution in [0.15, 0.2) is 0 Å². The molecule has 0 fully saturated rings. The number of hydrogen-bond donors (Lipinski definition) is 0. The van der Waals surface area contributed by atoms with E-state index in [1.54, 1.807) is 6.92 Å². The van der Waals surface area contributed by atoms with Crippen LogP contribution in [0.2, 0.25) is 0 Å². The predicted molar refractivity (Wildman–Crippen MR) is 35.1 cm³/mol. The molecular formula is C3H3IN4. The van der Waals surface area contributed by atoms with Gasteiger partial charge in [-0.2, -0.15) is 0 Å². The molecule has 8 heavy (non-hydrogen) atoms. The van der Waals surface area contributed by atoms with E-state index in [0.29, 0.717) is 9.66 Å². The molecule has 0 N–H and O–H groups in total. The van der Waals surface area contributed by atoms with Gasteiger partial charge < -0.3 is 0 Å². The molecule has 0 aromatic carbocycles. The zero-order valence-electron chi connectivity index (χ0n) is 4.17. The van der Waals surface area contributed by atoms with Gasteiger partial charge in [0.05, 0.1) is 0 Å². The Balaban J connectivity index is 3.03. The summed E-state index contributed by atoms with van der Waals surface area (Å²) in [6, 6.07) is 0. The maximum atomic E-state index is 3.65. The van der Waals surface area contributed by atoms with Crippen molar-refractivity contribution in [2.45, 2.75) is 6.92 Å². The van der Waals surface area contributed by atoms with Gasteiger partial charge in [0.2, 0.25) is 3.83 Å². The van der Waals surface area contributed by atoms with Crippen molar-refractivity contribution in [3.05, 3.63) is 9.66 Å². The molecule has 0 aliphatic rings. The molecule has 0 spiro atoms. The highest BCUT2D eigenvalue weighted by atomic mass is 127. The molecule has 0 saturated carbocycles. The van der Waals surface area contributed by atoms with Crippen molar-refractivity contribution in [2.75, 3.05) is 0 Å². The monoisotopic (exact) mass is 222 g/mol. The maximum absolute atomic E-state index is 3.65. The van der Waals surface area contributed by atoms with Gasteiger partial charge in [0.1, 0.15) is 0 Å². The average Bonchev–Trinajstić information content (AvgIpc) is 1.77. The molecule has 1 aromatic heterocycles. The molecule has 1 rings (SSSR count). The lowest BCUT2D eigenvalue weighted by atomic mass is 10.8. The summed E-state index contributed by atoms with van der Waals surface area (Å²) >= 11 is 1.95. The first kappa shape index (κ1) is 5.80. The molecule has 0 radical (unpaired) electrons. The van der Waals surface area contributed by atoms with Crippen LogP contribution in [0.3, 0.4) is 0 Å². The summed E-state index contributed by atoms with van der Waals surface area (Å²) in [6.45, 7) is 1.75. The van der Waals surface area contributed by atoms with E-state index in [2.05, 4.69) is 20.4 Å². The Hall–Kier alpha value is -0.330. The highest BCUT2D eigenvalue weighted by Gasteiger charge is 1.87. The second kappa shape index (κ2) is 2.29. The van der Waals surface area contributed by atoms with E-state index < -0.39 is 0 Å². The largest absolute Gasteiger partial charge is 0.232 e. The molecule has 0 unspecified atom stereocenters. The van der Waals surface area contributed by atoms with E-state index >= 15 is 0 Å². The molecule has 0 aliphatic carbocycles.